The number of fused-ring (bicyclic) bond motifs is 1. The quantitative estimate of drug-likeness (QED) is 0.219. The molecule has 2 aromatic heterocycles. The number of carbonyl (C=O) groups is 1. The van der Waals surface area contributed by atoms with Gasteiger partial charge in [-0.05, 0) is 42.3 Å². The minimum atomic E-state index is 0.0951. The van der Waals surface area contributed by atoms with E-state index >= 15 is 0 Å². The van der Waals surface area contributed by atoms with Crippen LogP contribution in [0.3, 0.4) is 0 Å². The Morgan fingerprint density at radius 3 is 2.49 bits per heavy atom. The average Bonchev–Trinajstić information content (AvgIpc) is 3.61. The largest absolute Gasteiger partial charge is 0.377 e. The second-order valence-corrected chi connectivity index (χ2v) is 10.8. The molecule has 0 atom stereocenters. The summed E-state index contributed by atoms with van der Waals surface area (Å²) in [6, 6.07) is 25.0. The molecule has 5 aromatic rings. The maximum atomic E-state index is 14.1. The SMILES string of the molecule is Cc1c(C(=O)N2CCN(C)CC2)c(-c2cccc3ccccc23)cn1-c1cncn1CCCOCc1ccccc1. The fraction of sp³-hybridized carbons (Fsp3) is 0.294. The van der Waals surface area contributed by atoms with Crippen LogP contribution < -0.4 is 0 Å². The van der Waals surface area contributed by atoms with Gasteiger partial charge in [-0.2, -0.15) is 0 Å². The number of carbonyl (C=O) groups excluding carboxylic acids is 1. The van der Waals surface area contributed by atoms with Crippen LogP contribution in [0.1, 0.15) is 28.0 Å². The van der Waals surface area contributed by atoms with Crippen LogP contribution in [0.4, 0.5) is 0 Å². The van der Waals surface area contributed by atoms with Gasteiger partial charge in [0.1, 0.15) is 5.82 Å². The normalized spacial score (nSPS) is 14.1. The lowest BCUT2D eigenvalue weighted by molar-refractivity contribution is 0.0664. The van der Waals surface area contributed by atoms with E-state index in [1.54, 1.807) is 0 Å². The van der Waals surface area contributed by atoms with Crippen molar-refractivity contribution in [1.29, 1.82) is 0 Å². The molecule has 3 heterocycles. The Morgan fingerprint density at radius 2 is 1.66 bits per heavy atom. The first-order valence-electron chi connectivity index (χ1n) is 14.4. The number of hydrogen-bond donors (Lipinski definition) is 0. The summed E-state index contributed by atoms with van der Waals surface area (Å²) >= 11 is 0. The van der Waals surface area contributed by atoms with E-state index in [1.807, 2.05) is 35.6 Å². The molecule has 210 valence electrons. The number of imidazole rings is 1. The van der Waals surface area contributed by atoms with Gasteiger partial charge >= 0.3 is 0 Å². The maximum Gasteiger partial charge on any atom is 0.256 e. The number of aryl methyl sites for hydroxylation is 1. The molecule has 7 heteroatoms. The predicted molar refractivity (Wildman–Crippen MR) is 163 cm³/mol. The van der Waals surface area contributed by atoms with Crippen molar-refractivity contribution in [1.82, 2.24) is 23.9 Å². The van der Waals surface area contributed by atoms with Crippen molar-refractivity contribution in [2.75, 3.05) is 39.8 Å². The molecule has 0 unspecified atom stereocenters. The smallest absolute Gasteiger partial charge is 0.256 e. The molecule has 1 fully saturated rings. The van der Waals surface area contributed by atoms with E-state index in [0.717, 1.165) is 78.1 Å². The van der Waals surface area contributed by atoms with Crippen molar-refractivity contribution in [3.8, 4) is 16.9 Å². The van der Waals surface area contributed by atoms with Gasteiger partial charge in [0.2, 0.25) is 0 Å². The fourth-order valence-electron chi connectivity index (χ4n) is 5.73. The van der Waals surface area contributed by atoms with Crippen LogP contribution in [0.25, 0.3) is 27.7 Å². The Balaban J connectivity index is 1.31. The first-order chi connectivity index (χ1) is 20.1. The van der Waals surface area contributed by atoms with E-state index in [4.69, 9.17) is 4.74 Å². The summed E-state index contributed by atoms with van der Waals surface area (Å²) < 4.78 is 10.2. The molecule has 1 saturated heterocycles. The molecule has 3 aromatic carbocycles. The number of piperazine rings is 1. The molecule has 0 saturated carbocycles. The van der Waals surface area contributed by atoms with Crippen LogP contribution in [0.5, 0.6) is 0 Å². The van der Waals surface area contributed by atoms with Crippen molar-refractivity contribution in [2.24, 2.45) is 0 Å². The standard InChI is InChI=1S/C34H37N5O2/c1-26-33(34(40)37-19-17-36(2)18-20-37)31(30-15-8-13-28-12-6-7-14-29(28)30)23-39(26)32-22-35-25-38(32)16-9-21-41-24-27-10-4-3-5-11-27/h3-8,10-15,22-23,25H,9,16-21,24H2,1-2H3. The summed E-state index contributed by atoms with van der Waals surface area (Å²) in [5.74, 6) is 1.04. The van der Waals surface area contributed by atoms with Crippen molar-refractivity contribution < 1.29 is 9.53 Å². The van der Waals surface area contributed by atoms with E-state index in [2.05, 4.69) is 93.8 Å². The van der Waals surface area contributed by atoms with Gasteiger partial charge in [0.25, 0.3) is 5.91 Å². The number of amides is 1. The molecule has 0 bridgehead atoms. The Morgan fingerprint density at radius 1 is 0.902 bits per heavy atom. The highest BCUT2D eigenvalue weighted by atomic mass is 16.5. The molecule has 6 rings (SSSR count). The van der Waals surface area contributed by atoms with E-state index < -0.39 is 0 Å². The van der Waals surface area contributed by atoms with Crippen LogP contribution in [0.2, 0.25) is 0 Å². The van der Waals surface area contributed by atoms with Gasteiger partial charge in [-0.3, -0.25) is 4.79 Å². The van der Waals surface area contributed by atoms with Gasteiger partial charge in [0.15, 0.2) is 0 Å². The molecule has 7 nitrogen and oxygen atoms in total. The summed E-state index contributed by atoms with van der Waals surface area (Å²) in [6.07, 6.45) is 6.74. The summed E-state index contributed by atoms with van der Waals surface area (Å²) in [4.78, 5) is 22.9. The lowest BCUT2D eigenvalue weighted by atomic mass is 9.96. The highest BCUT2D eigenvalue weighted by Gasteiger charge is 2.28. The lowest BCUT2D eigenvalue weighted by Gasteiger charge is -2.32. The topological polar surface area (TPSA) is 55.5 Å². The Bertz CT molecular complexity index is 1620. The van der Waals surface area contributed by atoms with Crippen LogP contribution in [-0.4, -0.2) is 69.7 Å². The van der Waals surface area contributed by atoms with Gasteiger partial charge in [-0.1, -0.05) is 72.8 Å². The van der Waals surface area contributed by atoms with Crippen LogP contribution in [0.15, 0.2) is 91.5 Å². The highest BCUT2D eigenvalue weighted by Crippen LogP contribution is 2.35. The summed E-state index contributed by atoms with van der Waals surface area (Å²) in [7, 11) is 2.11. The predicted octanol–water partition coefficient (Wildman–Crippen LogP) is 5.80. The molecule has 1 amide bonds. The second kappa shape index (κ2) is 12.1. The zero-order valence-electron chi connectivity index (χ0n) is 23.9. The maximum absolute atomic E-state index is 14.1. The number of hydrogen-bond acceptors (Lipinski definition) is 4. The molecule has 0 N–H and O–H groups in total. The first-order valence-corrected chi connectivity index (χ1v) is 14.4. The third kappa shape index (κ3) is 5.69. The Labute approximate surface area is 241 Å². The summed E-state index contributed by atoms with van der Waals surface area (Å²) in [6.45, 7) is 7.32. The van der Waals surface area contributed by atoms with Crippen molar-refractivity contribution in [3.63, 3.8) is 0 Å². The van der Waals surface area contributed by atoms with E-state index in [9.17, 15) is 4.79 Å². The van der Waals surface area contributed by atoms with Crippen LogP contribution in [0, 0.1) is 6.92 Å². The molecule has 0 spiro atoms. The van der Waals surface area contributed by atoms with Gasteiger partial charge < -0.3 is 23.7 Å². The monoisotopic (exact) mass is 547 g/mol. The Kier molecular flexibility index (Phi) is 7.98. The molecule has 1 aliphatic heterocycles. The van der Waals surface area contributed by atoms with Crippen LogP contribution >= 0.6 is 0 Å². The van der Waals surface area contributed by atoms with Crippen molar-refractivity contribution >= 4 is 16.7 Å². The van der Waals surface area contributed by atoms with Gasteiger partial charge in [-0.15, -0.1) is 0 Å². The molecule has 1 aliphatic rings. The number of nitrogens with zero attached hydrogens (tertiary/aromatic N) is 5. The molecule has 0 radical (unpaired) electrons. The second-order valence-electron chi connectivity index (χ2n) is 10.8. The number of ether oxygens (including phenoxy) is 1. The fourth-order valence-corrected chi connectivity index (χ4v) is 5.73. The number of likely N-dealkylation sites (N-methyl/N-ethyl adjacent to an activating group) is 1. The molecular formula is C34H37N5O2. The van der Waals surface area contributed by atoms with E-state index in [0.29, 0.717) is 13.2 Å². The van der Waals surface area contributed by atoms with Gasteiger partial charge in [0, 0.05) is 56.8 Å². The van der Waals surface area contributed by atoms with Gasteiger partial charge in [0.05, 0.1) is 24.7 Å². The number of rotatable bonds is 9. The van der Waals surface area contributed by atoms with E-state index in [-0.39, 0.29) is 5.91 Å². The molecule has 0 aliphatic carbocycles. The summed E-state index contributed by atoms with van der Waals surface area (Å²) in [5, 5.41) is 2.30. The highest BCUT2D eigenvalue weighted by molar-refractivity contribution is 6.07. The number of aromatic nitrogens is 3. The Hall–Kier alpha value is -4.20. The molecule has 41 heavy (non-hydrogen) atoms. The van der Waals surface area contributed by atoms with Crippen molar-refractivity contribution in [2.45, 2.75) is 26.5 Å². The minimum Gasteiger partial charge on any atom is -0.377 e. The van der Waals surface area contributed by atoms with Gasteiger partial charge in [-0.25, -0.2) is 4.98 Å². The third-order valence-electron chi connectivity index (χ3n) is 8.07. The molecular weight excluding hydrogens is 510 g/mol. The zero-order chi connectivity index (χ0) is 28.2. The minimum absolute atomic E-state index is 0.0951. The first kappa shape index (κ1) is 27.0. The lowest BCUT2D eigenvalue weighted by Crippen LogP contribution is -2.47. The summed E-state index contributed by atoms with van der Waals surface area (Å²) in [5.41, 5.74) is 4.91. The van der Waals surface area contributed by atoms with E-state index in [1.165, 1.54) is 5.56 Å². The zero-order valence-corrected chi connectivity index (χ0v) is 23.9. The number of benzene rings is 3. The average molecular weight is 548 g/mol. The van der Waals surface area contributed by atoms with Crippen molar-refractivity contribution in [3.05, 3.63) is 108 Å². The van der Waals surface area contributed by atoms with Crippen LogP contribution in [-0.2, 0) is 17.9 Å². The third-order valence-corrected chi connectivity index (χ3v) is 8.07.